The van der Waals surface area contributed by atoms with Gasteiger partial charge in [0.15, 0.2) is 0 Å². The molecule has 1 N–H and O–H groups in total. The third kappa shape index (κ3) is 3.06. The molecule has 1 aromatic heterocycles. The van der Waals surface area contributed by atoms with Gasteiger partial charge in [0.25, 0.3) is 0 Å². The van der Waals surface area contributed by atoms with Crippen LogP contribution in [-0.2, 0) is 11.2 Å². The molecule has 1 aromatic carbocycles. The average Bonchev–Trinajstić information content (AvgIpc) is 3.12. The number of hydrogen-bond acceptors (Lipinski definition) is 3. The minimum atomic E-state index is 0.630. The molecule has 4 nitrogen and oxygen atoms in total. The normalized spacial score (nSPS) is 19.4. The number of ether oxygens (including phenoxy) is 2. The van der Waals surface area contributed by atoms with E-state index in [4.69, 9.17) is 9.47 Å². The molecule has 21 heavy (non-hydrogen) atoms. The zero-order chi connectivity index (χ0) is 14.7. The molecule has 4 heteroatoms. The predicted molar refractivity (Wildman–Crippen MR) is 85.0 cm³/mol. The maximum Gasteiger partial charge on any atom is 0.119 e. The maximum atomic E-state index is 5.35. The second-order valence-electron chi connectivity index (χ2n) is 5.75. The molecule has 0 spiro atoms. The Labute approximate surface area is 126 Å². The van der Waals surface area contributed by atoms with Crippen LogP contribution in [0.25, 0.3) is 10.9 Å². The fourth-order valence-corrected chi connectivity index (χ4v) is 3.34. The summed E-state index contributed by atoms with van der Waals surface area (Å²) in [5.41, 5.74) is 2.57. The molecule has 1 fully saturated rings. The van der Waals surface area contributed by atoms with Gasteiger partial charge in [-0.05, 0) is 49.6 Å². The maximum absolute atomic E-state index is 5.35. The lowest BCUT2D eigenvalue weighted by Crippen LogP contribution is -2.33. The van der Waals surface area contributed by atoms with Crippen molar-refractivity contribution in [2.45, 2.75) is 25.3 Å². The fraction of sp³-hybridized carbons (Fsp3) is 0.529. The van der Waals surface area contributed by atoms with Crippen molar-refractivity contribution in [1.82, 2.24) is 9.88 Å². The third-order valence-corrected chi connectivity index (χ3v) is 4.51. The number of aromatic nitrogens is 1. The molecule has 0 radical (unpaired) electrons. The van der Waals surface area contributed by atoms with Crippen LogP contribution in [-0.4, -0.2) is 49.8 Å². The molecular weight excluding hydrogens is 264 g/mol. The molecule has 2 heterocycles. The number of benzene rings is 1. The Bertz CT molecular complexity index is 593. The van der Waals surface area contributed by atoms with Crippen molar-refractivity contribution in [1.29, 1.82) is 0 Å². The molecule has 2 aromatic rings. The molecule has 114 valence electrons. The monoisotopic (exact) mass is 288 g/mol. The zero-order valence-electron chi connectivity index (χ0n) is 12.9. The van der Waals surface area contributed by atoms with Crippen LogP contribution in [0, 0.1) is 0 Å². The minimum Gasteiger partial charge on any atom is -0.497 e. The molecular formula is C17H24N2O2. The Morgan fingerprint density at radius 3 is 3.05 bits per heavy atom. The van der Waals surface area contributed by atoms with Gasteiger partial charge in [0, 0.05) is 36.8 Å². The van der Waals surface area contributed by atoms with E-state index in [0.717, 1.165) is 25.3 Å². The van der Waals surface area contributed by atoms with Crippen molar-refractivity contribution in [2.75, 3.05) is 33.9 Å². The molecule has 0 bridgehead atoms. The van der Waals surface area contributed by atoms with Crippen LogP contribution in [0.2, 0.25) is 0 Å². The summed E-state index contributed by atoms with van der Waals surface area (Å²) in [6.45, 7) is 3.05. The number of aromatic amines is 1. The van der Waals surface area contributed by atoms with Gasteiger partial charge in [-0.25, -0.2) is 0 Å². The predicted octanol–water partition coefficient (Wildman–Crippen LogP) is 2.83. The first kappa shape index (κ1) is 14.4. The van der Waals surface area contributed by atoms with E-state index < -0.39 is 0 Å². The highest BCUT2D eigenvalue weighted by Crippen LogP contribution is 2.27. The number of rotatable bonds is 6. The highest BCUT2D eigenvalue weighted by atomic mass is 16.5. The first-order valence-corrected chi connectivity index (χ1v) is 7.69. The van der Waals surface area contributed by atoms with Gasteiger partial charge in [-0.15, -0.1) is 0 Å². The van der Waals surface area contributed by atoms with Crippen molar-refractivity contribution in [2.24, 2.45) is 0 Å². The largest absolute Gasteiger partial charge is 0.497 e. The van der Waals surface area contributed by atoms with E-state index in [9.17, 15) is 0 Å². The summed E-state index contributed by atoms with van der Waals surface area (Å²) < 4.78 is 10.6. The number of fused-ring (bicyclic) bond motifs is 1. The molecule has 0 aliphatic carbocycles. The van der Waals surface area contributed by atoms with Crippen molar-refractivity contribution >= 4 is 10.9 Å². The van der Waals surface area contributed by atoms with Crippen LogP contribution in [0.5, 0.6) is 5.75 Å². The van der Waals surface area contributed by atoms with Crippen LogP contribution < -0.4 is 4.74 Å². The smallest absolute Gasteiger partial charge is 0.119 e. The second-order valence-corrected chi connectivity index (χ2v) is 5.75. The van der Waals surface area contributed by atoms with Crippen molar-refractivity contribution in [3.05, 3.63) is 30.0 Å². The number of nitrogens with zero attached hydrogens (tertiary/aromatic N) is 1. The van der Waals surface area contributed by atoms with E-state index in [-0.39, 0.29) is 0 Å². The number of hydrogen-bond donors (Lipinski definition) is 1. The molecule has 1 aliphatic rings. The van der Waals surface area contributed by atoms with Crippen molar-refractivity contribution in [3.63, 3.8) is 0 Å². The van der Waals surface area contributed by atoms with E-state index in [2.05, 4.69) is 28.2 Å². The highest BCUT2D eigenvalue weighted by Gasteiger charge is 2.25. The Kier molecular flexibility index (Phi) is 4.46. The number of nitrogens with one attached hydrogen (secondary N) is 1. The molecule has 0 amide bonds. The van der Waals surface area contributed by atoms with Gasteiger partial charge >= 0.3 is 0 Å². The molecule has 0 saturated carbocycles. The lowest BCUT2D eigenvalue weighted by molar-refractivity contribution is 0.141. The fourth-order valence-electron chi connectivity index (χ4n) is 3.34. The van der Waals surface area contributed by atoms with Crippen molar-refractivity contribution in [3.8, 4) is 5.75 Å². The van der Waals surface area contributed by atoms with Crippen LogP contribution >= 0.6 is 0 Å². The first-order valence-electron chi connectivity index (χ1n) is 7.69. The molecule has 1 aliphatic heterocycles. The van der Waals surface area contributed by atoms with E-state index in [1.54, 1.807) is 14.2 Å². The van der Waals surface area contributed by atoms with Crippen LogP contribution in [0.1, 0.15) is 18.4 Å². The summed E-state index contributed by atoms with van der Waals surface area (Å²) in [6, 6.07) is 6.86. The first-order chi connectivity index (χ1) is 10.3. The Morgan fingerprint density at radius 1 is 1.33 bits per heavy atom. The van der Waals surface area contributed by atoms with Gasteiger partial charge < -0.3 is 14.5 Å². The van der Waals surface area contributed by atoms with E-state index in [1.165, 1.54) is 35.9 Å². The molecule has 3 rings (SSSR count). The minimum absolute atomic E-state index is 0.630. The number of H-pyrrole nitrogens is 1. The number of likely N-dealkylation sites (tertiary alicyclic amines) is 1. The van der Waals surface area contributed by atoms with Crippen LogP contribution in [0.3, 0.4) is 0 Å². The van der Waals surface area contributed by atoms with Gasteiger partial charge in [0.2, 0.25) is 0 Å². The van der Waals surface area contributed by atoms with Gasteiger partial charge in [-0.1, -0.05) is 0 Å². The molecule has 1 atom stereocenters. The zero-order valence-corrected chi connectivity index (χ0v) is 12.9. The molecule has 1 saturated heterocycles. The highest BCUT2D eigenvalue weighted by molar-refractivity contribution is 5.84. The summed E-state index contributed by atoms with van der Waals surface area (Å²) in [6.07, 6.45) is 5.81. The van der Waals surface area contributed by atoms with Gasteiger partial charge in [-0.2, -0.15) is 0 Å². The van der Waals surface area contributed by atoms with Gasteiger partial charge in [0.05, 0.1) is 13.7 Å². The van der Waals surface area contributed by atoms with E-state index in [0.29, 0.717) is 6.04 Å². The summed E-state index contributed by atoms with van der Waals surface area (Å²) in [7, 11) is 3.49. The SMILES string of the molecule is COCCN1CCC[C@@H]1Cc1c[nH]c2ccc(OC)cc12. The van der Waals surface area contributed by atoms with E-state index in [1.807, 2.05) is 6.07 Å². The standard InChI is InChI=1S/C17H24N2O2/c1-20-9-8-19-7-3-4-14(19)10-13-12-18-17-6-5-15(21-2)11-16(13)17/h5-6,11-12,14,18H,3-4,7-10H2,1-2H3/t14-/m1/s1. The van der Waals surface area contributed by atoms with Crippen molar-refractivity contribution < 1.29 is 9.47 Å². The molecule has 0 unspecified atom stereocenters. The summed E-state index contributed by atoms with van der Waals surface area (Å²) in [5, 5.41) is 1.29. The summed E-state index contributed by atoms with van der Waals surface area (Å²) in [4.78, 5) is 5.93. The average molecular weight is 288 g/mol. The topological polar surface area (TPSA) is 37.5 Å². The Balaban J connectivity index is 1.77. The van der Waals surface area contributed by atoms with E-state index >= 15 is 0 Å². The third-order valence-electron chi connectivity index (χ3n) is 4.51. The van der Waals surface area contributed by atoms with Crippen LogP contribution in [0.15, 0.2) is 24.4 Å². The van der Waals surface area contributed by atoms with Gasteiger partial charge in [-0.3, -0.25) is 4.90 Å². The van der Waals surface area contributed by atoms with Gasteiger partial charge in [0.1, 0.15) is 5.75 Å². The second kappa shape index (κ2) is 6.50. The Hall–Kier alpha value is -1.52. The summed E-state index contributed by atoms with van der Waals surface area (Å²) >= 11 is 0. The number of methoxy groups -OCH3 is 2. The van der Waals surface area contributed by atoms with Crippen LogP contribution in [0.4, 0.5) is 0 Å². The lowest BCUT2D eigenvalue weighted by Gasteiger charge is -2.23. The quantitative estimate of drug-likeness (QED) is 0.888. The summed E-state index contributed by atoms with van der Waals surface area (Å²) in [5.74, 6) is 0.922. The Morgan fingerprint density at radius 2 is 2.24 bits per heavy atom. The lowest BCUT2D eigenvalue weighted by atomic mass is 10.0.